The van der Waals surface area contributed by atoms with E-state index >= 15 is 0 Å². The summed E-state index contributed by atoms with van der Waals surface area (Å²) >= 11 is 21.5. The highest BCUT2D eigenvalue weighted by Crippen LogP contribution is 2.37. The lowest BCUT2D eigenvalue weighted by molar-refractivity contribution is -0.146. The fraction of sp³-hybridized carbons (Fsp3) is 0.353. The van der Waals surface area contributed by atoms with Gasteiger partial charge in [-0.3, -0.25) is 4.68 Å². The van der Waals surface area contributed by atoms with Gasteiger partial charge in [0.05, 0.1) is 22.3 Å². The minimum Gasteiger partial charge on any atom is -0.464 e. The molecule has 1 aromatic carbocycles. The number of fused-ring (bicyclic) bond motifs is 2. The fourth-order valence-electron chi connectivity index (χ4n) is 3.47. The SMILES string of the molecule is CCOC(=O)[C@@H](c1[nH]c(=S)n2c1CCC2)n1cc2c(Cl)cc(Br)c(Cl)c2n1. The number of hydrogen-bond donors (Lipinski definition) is 1. The summed E-state index contributed by atoms with van der Waals surface area (Å²) in [5.74, 6) is -0.414. The molecule has 0 bridgehead atoms. The van der Waals surface area contributed by atoms with Gasteiger partial charge in [0.2, 0.25) is 0 Å². The van der Waals surface area contributed by atoms with Crippen molar-refractivity contribution in [1.29, 1.82) is 0 Å². The first-order chi connectivity index (χ1) is 12.9. The molecule has 0 unspecified atom stereocenters. The normalized spacial score (nSPS) is 14.5. The number of nitrogens with zero attached hydrogens (tertiary/aromatic N) is 3. The van der Waals surface area contributed by atoms with Crippen LogP contribution in [-0.4, -0.2) is 31.9 Å². The molecule has 2 aromatic heterocycles. The molecule has 1 aliphatic rings. The minimum absolute atomic E-state index is 0.264. The van der Waals surface area contributed by atoms with Crippen LogP contribution < -0.4 is 0 Å². The van der Waals surface area contributed by atoms with E-state index in [9.17, 15) is 4.79 Å². The standard InChI is InChI=1S/C17H15BrCl2N4O2S/c1-2-26-16(25)15(14-11-4-3-5-23(11)17(27)21-14)24-7-8-10(19)6-9(18)12(20)13(8)22-24/h6-7,15H,2-5H2,1H3,(H,21,27)/t15-/m1/s1. The molecule has 0 saturated carbocycles. The van der Waals surface area contributed by atoms with Gasteiger partial charge in [-0.2, -0.15) is 5.10 Å². The molecule has 3 aromatic rings. The van der Waals surface area contributed by atoms with Crippen LogP contribution in [0.2, 0.25) is 10.0 Å². The van der Waals surface area contributed by atoms with E-state index in [1.165, 1.54) is 0 Å². The average Bonchev–Trinajstić information content (AvgIpc) is 3.32. The molecule has 0 amide bonds. The third-order valence-corrected chi connectivity index (χ3v) is 6.50. The van der Waals surface area contributed by atoms with E-state index in [4.69, 9.17) is 40.2 Å². The average molecular weight is 490 g/mol. The summed E-state index contributed by atoms with van der Waals surface area (Å²) in [4.78, 5) is 16.0. The van der Waals surface area contributed by atoms with Gasteiger partial charge in [-0.25, -0.2) is 4.79 Å². The maximum Gasteiger partial charge on any atom is 0.337 e. The van der Waals surface area contributed by atoms with Crippen molar-refractivity contribution in [2.24, 2.45) is 0 Å². The van der Waals surface area contributed by atoms with Gasteiger partial charge >= 0.3 is 5.97 Å². The van der Waals surface area contributed by atoms with Crippen molar-refractivity contribution in [1.82, 2.24) is 19.3 Å². The molecular weight excluding hydrogens is 475 g/mol. The van der Waals surface area contributed by atoms with Gasteiger partial charge in [-0.1, -0.05) is 23.2 Å². The third kappa shape index (κ3) is 3.12. The Morgan fingerprint density at radius 3 is 3.04 bits per heavy atom. The lowest BCUT2D eigenvalue weighted by Crippen LogP contribution is -2.25. The lowest BCUT2D eigenvalue weighted by atomic mass is 10.1. The van der Waals surface area contributed by atoms with Gasteiger partial charge in [-0.15, -0.1) is 0 Å². The Hall–Kier alpha value is -1.35. The number of ether oxygens (including phenoxy) is 1. The maximum absolute atomic E-state index is 12.8. The van der Waals surface area contributed by atoms with E-state index in [0.29, 0.717) is 35.9 Å². The molecule has 6 nitrogen and oxygen atoms in total. The number of H-pyrrole nitrogens is 1. The fourth-order valence-corrected chi connectivity index (χ4v) is 4.77. The van der Waals surface area contributed by atoms with Crippen molar-refractivity contribution >= 4 is 68.2 Å². The predicted octanol–water partition coefficient (Wildman–Crippen LogP) is 5.06. The Balaban J connectivity index is 1.93. The molecule has 27 heavy (non-hydrogen) atoms. The van der Waals surface area contributed by atoms with Crippen molar-refractivity contribution in [3.8, 4) is 0 Å². The molecule has 10 heteroatoms. The van der Waals surface area contributed by atoms with Gasteiger partial charge in [-0.05, 0) is 54.0 Å². The minimum atomic E-state index is -0.792. The lowest BCUT2D eigenvalue weighted by Gasteiger charge is -2.16. The van der Waals surface area contributed by atoms with Crippen molar-refractivity contribution in [3.63, 3.8) is 0 Å². The van der Waals surface area contributed by atoms with Crippen LogP contribution in [0.25, 0.3) is 10.9 Å². The summed E-state index contributed by atoms with van der Waals surface area (Å²) in [6.07, 6.45) is 3.54. The van der Waals surface area contributed by atoms with Crippen LogP contribution in [0.1, 0.15) is 30.8 Å². The van der Waals surface area contributed by atoms with E-state index in [1.54, 1.807) is 23.9 Å². The highest BCUT2D eigenvalue weighted by Gasteiger charge is 2.32. The van der Waals surface area contributed by atoms with E-state index in [0.717, 1.165) is 25.1 Å². The van der Waals surface area contributed by atoms with Gasteiger partial charge in [0.15, 0.2) is 10.8 Å². The van der Waals surface area contributed by atoms with Crippen molar-refractivity contribution in [2.45, 2.75) is 32.4 Å². The van der Waals surface area contributed by atoms with E-state index in [1.807, 2.05) is 4.57 Å². The number of esters is 1. The second-order valence-corrected chi connectivity index (χ2v) is 8.25. The number of aromatic nitrogens is 4. The number of imidazole rings is 1. The number of benzene rings is 1. The number of carbonyl (C=O) groups is 1. The van der Waals surface area contributed by atoms with Gasteiger partial charge in [0, 0.05) is 28.3 Å². The molecule has 0 fully saturated rings. The first kappa shape index (κ1) is 19.0. The Morgan fingerprint density at radius 2 is 2.30 bits per heavy atom. The van der Waals surface area contributed by atoms with Crippen LogP contribution >= 0.6 is 51.3 Å². The van der Waals surface area contributed by atoms with Crippen LogP contribution in [0.4, 0.5) is 0 Å². The first-order valence-corrected chi connectivity index (χ1v) is 10.4. The number of nitrogens with one attached hydrogen (secondary N) is 1. The van der Waals surface area contributed by atoms with Gasteiger partial charge in [0.25, 0.3) is 0 Å². The van der Waals surface area contributed by atoms with Crippen molar-refractivity contribution < 1.29 is 9.53 Å². The summed E-state index contributed by atoms with van der Waals surface area (Å²) < 4.78 is 10.1. The first-order valence-electron chi connectivity index (χ1n) is 8.43. The third-order valence-electron chi connectivity index (χ3n) is 4.63. The Bertz CT molecular complexity index is 1120. The van der Waals surface area contributed by atoms with E-state index < -0.39 is 12.0 Å². The number of aromatic amines is 1. The largest absolute Gasteiger partial charge is 0.464 e. The van der Waals surface area contributed by atoms with Crippen LogP contribution in [0, 0.1) is 4.77 Å². The van der Waals surface area contributed by atoms with Crippen LogP contribution in [-0.2, 0) is 22.5 Å². The quantitative estimate of drug-likeness (QED) is 0.316. The zero-order valence-electron chi connectivity index (χ0n) is 14.3. The molecule has 142 valence electrons. The van der Waals surface area contributed by atoms with Crippen LogP contribution in [0.15, 0.2) is 16.7 Å². The molecule has 0 radical (unpaired) electrons. The summed E-state index contributed by atoms with van der Waals surface area (Å²) in [6, 6.07) is 0.917. The Labute approximate surface area is 178 Å². The molecule has 0 aliphatic carbocycles. The van der Waals surface area contributed by atoms with E-state index in [2.05, 4.69) is 26.0 Å². The zero-order chi connectivity index (χ0) is 19.3. The summed E-state index contributed by atoms with van der Waals surface area (Å²) in [6.45, 7) is 2.87. The molecule has 4 rings (SSSR count). The van der Waals surface area contributed by atoms with Gasteiger partial charge in [0.1, 0.15) is 5.52 Å². The van der Waals surface area contributed by atoms with Crippen LogP contribution in [0.5, 0.6) is 0 Å². The number of rotatable bonds is 4. The summed E-state index contributed by atoms with van der Waals surface area (Å²) in [7, 11) is 0. The number of hydrogen-bond acceptors (Lipinski definition) is 4. The second kappa shape index (κ2) is 7.24. The molecule has 1 N–H and O–H groups in total. The molecule has 1 atom stereocenters. The zero-order valence-corrected chi connectivity index (χ0v) is 18.2. The highest BCUT2D eigenvalue weighted by atomic mass is 79.9. The summed E-state index contributed by atoms with van der Waals surface area (Å²) in [5.41, 5.74) is 2.23. The van der Waals surface area contributed by atoms with Crippen molar-refractivity contribution in [2.75, 3.05) is 6.61 Å². The molecule has 0 spiro atoms. The monoisotopic (exact) mass is 488 g/mol. The number of halogens is 3. The second-order valence-electron chi connectivity index (χ2n) is 6.23. The van der Waals surface area contributed by atoms with E-state index in [-0.39, 0.29) is 6.61 Å². The number of carbonyl (C=O) groups excluding carboxylic acids is 1. The van der Waals surface area contributed by atoms with Gasteiger partial charge < -0.3 is 14.3 Å². The highest BCUT2D eigenvalue weighted by molar-refractivity contribution is 9.10. The molecule has 3 heterocycles. The topological polar surface area (TPSA) is 64.8 Å². The Kier molecular flexibility index (Phi) is 5.09. The van der Waals surface area contributed by atoms with Crippen LogP contribution in [0.3, 0.4) is 0 Å². The maximum atomic E-state index is 12.8. The summed E-state index contributed by atoms with van der Waals surface area (Å²) in [5, 5.41) is 6.14. The molecule has 1 aliphatic heterocycles. The predicted molar refractivity (Wildman–Crippen MR) is 110 cm³/mol. The van der Waals surface area contributed by atoms with Crippen molar-refractivity contribution in [3.05, 3.63) is 42.9 Å². The molecular formula is C17H15BrCl2N4O2S. The Morgan fingerprint density at radius 1 is 1.52 bits per heavy atom. The molecule has 0 saturated heterocycles. The smallest absolute Gasteiger partial charge is 0.337 e.